The first-order valence-electron chi connectivity index (χ1n) is 5.79. The minimum Gasteiger partial charge on any atom is -0.447 e. The van der Waals surface area contributed by atoms with Crippen molar-refractivity contribution in [2.24, 2.45) is 0 Å². The van der Waals surface area contributed by atoms with E-state index in [9.17, 15) is 13.2 Å². The number of aryl methyl sites for hydroxylation is 1. The van der Waals surface area contributed by atoms with Crippen LogP contribution in [0.25, 0.3) is 0 Å². The minimum atomic E-state index is -3.77. The van der Waals surface area contributed by atoms with Crippen LogP contribution < -0.4 is 5.32 Å². The van der Waals surface area contributed by atoms with Gasteiger partial charge in [0, 0.05) is 16.4 Å². The molecule has 7 heteroatoms. The summed E-state index contributed by atoms with van der Waals surface area (Å²) in [7, 11) is 1.50. The van der Waals surface area contributed by atoms with Crippen molar-refractivity contribution in [2.45, 2.75) is 38.2 Å². The molecule has 1 rings (SSSR count). The highest BCUT2D eigenvalue weighted by atomic mass is 35.7. The molecule has 0 unspecified atom stereocenters. The number of carbonyl (C=O) groups is 1. The normalized spacial score (nSPS) is 11.4. The summed E-state index contributed by atoms with van der Waals surface area (Å²) >= 11 is 0. The van der Waals surface area contributed by atoms with E-state index in [0.717, 1.165) is 0 Å². The molecule has 0 saturated carbocycles. The quantitative estimate of drug-likeness (QED) is 0.867. The Bertz CT molecular complexity index is 569. The van der Waals surface area contributed by atoms with Crippen LogP contribution in [-0.4, -0.2) is 20.6 Å². The molecule has 0 bridgehead atoms. The molecular formula is C12H16ClNO4S. The zero-order chi connectivity index (χ0) is 14.6. The fourth-order valence-corrected chi connectivity index (χ4v) is 2.29. The van der Waals surface area contributed by atoms with Gasteiger partial charge in [0.2, 0.25) is 0 Å². The summed E-state index contributed by atoms with van der Waals surface area (Å²) in [5.41, 5.74) is 1.18. The predicted molar refractivity (Wildman–Crippen MR) is 74.1 cm³/mol. The van der Waals surface area contributed by atoms with Crippen molar-refractivity contribution in [3.05, 3.63) is 23.8 Å². The number of hydrogen-bond acceptors (Lipinski definition) is 4. The Morgan fingerprint density at radius 2 is 2.05 bits per heavy atom. The Labute approximate surface area is 117 Å². The first kappa shape index (κ1) is 15.8. The van der Waals surface area contributed by atoms with Crippen molar-refractivity contribution < 1.29 is 17.9 Å². The van der Waals surface area contributed by atoms with Crippen molar-refractivity contribution in [1.82, 2.24) is 0 Å². The Balaban J connectivity index is 3.00. The van der Waals surface area contributed by atoms with Gasteiger partial charge in [0.1, 0.15) is 0 Å². The van der Waals surface area contributed by atoms with Gasteiger partial charge in [-0.2, -0.15) is 0 Å². The fraction of sp³-hybridized carbons (Fsp3) is 0.417. The van der Waals surface area contributed by atoms with E-state index in [0.29, 0.717) is 17.7 Å². The van der Waals surface area contributed by atoms with Crippen LogP contribution in [0.1, 0.15) is 26.3 Å². The molecule has 1 N–H and O–H groups in total. The molecule has 1 amide bonds. The first-order chi connectivity index (χ1) is 8.74. The van der Waals surface area contributed by atoms with E-state index in [1.165, 1.54) is 18.2 Å². The van der Waals surface area contributed by atoms with Crippen LogP contribution in [0.4, 0.5) is 10.5 Å². The molecule has 0 aliphatic carbocycles. The Hall–Kier alpha value is -1.27. The largest absolute Gasteiger partial charge is 0.447 e. The Kier molecular flexibility index (Phi) is 5.20. The van der Waals surface area contributed by atoms with E-state index in [-0.39, 0.29) is 11.0 Å². The monoisotopic (exact) mass is 305 g/mol. The second kappa shape index (κ2) is 6.25. The van der Waals surface area contributed by atoms with E-state index in [1.54, 1.807) is 13.8 Å². The number of carbonyl (C=O) groups excluding carboxylic acids is 1. The lowest BCUT2D eigenvalue weighted by atomic mass is 10.1. The zero-order valence-corrected chi connectivity index (χ0v) is 12.5. The van der Waals surface area contributed by atoms with Crippen LogP contribution in [0.5, 0.6) is 0 Å². The topological polar surface area (TPSA) is 72.5 Å². The van der Waals surface area contributed by atoms with Crippen molar-refractivity contribution in [3.8, 4) is 0 Å². The lowest BCUT2D eigenvalue weighted by molar-refractivity contribution is 0.130. The van der Waals surface area contributed by atoms with E-state index in [2.05, 4.69) is 5.32 Å². The van der Waals surface area contributed by atoms with Crippen molar-refractivity contribution in [1.29, 1.82) is 0 Å². The standard InChI is InChI=1S/C12H16ClNO4S/c1-4-9-7-10(19(13,16)17)5-6-11(9)14-12(15)18-8(2)3/h5-8H,4H2,1-3H3,(H,14,15). The number of ether oxygens (including phenoxy) is 1. The van der Waals surface area contributed by atoms with Gasteiger partial charge in [0.15, 0.2) is 0 Å². The van der Waals surface area contributed by atoms with E-state index in [1.807, 2.05) is 6.92 Å². The van der Waals surface area contributed by atoms with Crippen molar-refractivity contribution in [3.63, 3.8) is 0 Å². The number of rotatable bonds is 4. The van der Waals surface area contributed by atoms with Gasteiger partial charge in [-0.05, 0) is 44.0 Å². The fourth-order valence-electron chi connectivity index (χ4n) is 1.49. The molecule has 5 nitrogen and oxygen atoms in total. The van der Waals surface area contributed by atoms with E-state index in [4.69, 9.17) is 15.4 Å². The van der Waals surface area contributed by atoms with Gasteiger partial charge in [-0.3, -0.25) is 5.32 Å². The smallest absolute Gasteiger partial charge is 0.411 e. The summed E-state index contributed by atoms with van der Waals surface area (Å²) < 4.78 is 27.4. The second-order valence-corrected chi connectivity index (χ2v) is 6.76. The van der Waals surface area contributed by atoms with Gasteiger partial charge >= 0.3 is 6.09 Å². The average molecular weight is 306 g/mol. The molecule has 1 aromatic carbocycles. The summed E-state index contributed by atoms with van der Waals surface area (Å²) in [6, 6.07) is 4.27. The third-order valence-electron chi connectivity index (χ3n) is 2.32. The second-order valence-electron chi connectivity index (χ2n) is 4.19. The molecule has 0 spiro atoms. The summed E-state index contributed by atoms with van der Waals surface area (Å²) in [4.78, 5) is 11.5. The SMILES string of the molecule is CCc1cc(S(=O)(=O)Cl)ccc1NC(=O)OC(C)C. The van der Waals surface area contributed by atoms with Crippen LogP contribution in [0.2, 0.25) is 0 Å². The van der Waals surface area contributed by atoms with Crippen LogP contribution >= 0.6 is 10.7 Å². The molecule has 0 aliphatic rings. The van der Waals surface area contributed by atoms with Gasteiger partial charge < -0.3 is 4.74 Å². The molecule has 1 aromatic rings. The van der Waals surface area contributed by atoms with Crippen LogP contribution in [0, 0.1) is 0 Å². The number of amides is 1. The maximum Gasteiger partial charge on any atom is 0.411 e. The van der Waals surface area contributed by atoms with Gasteiger partial charge in [-0.25, -0.2) is 13.2 Å². The number of halogens is 1. The third-order valence-corrected chi connectivity index (χ3v) is 3.67. The molecule has 19 heavy (non-hydrogen) atoms. The minimum absolute atomic E-state index is 0.00814. The highest BCUT2D eigenvalue weighted by Gasteiger charge is 2.14. The third kappa shape index (κ3) is 4.72. The molecule has 0 aliphatic heterocycles. The summed E-state index contributed by atoms with van der Waals surface area (Å²) in [5, 5.41) is 2.57. The highest BCUT2D eigenvalue weighted by Crippen LogP contribution is 2.23. The van der Waals surface area contributed by atoms with E-state index >= 15 is 0 Å². The average Bonchev–Trinajstić information content (AvgIpc) is 2.26. The molecule has 0 atom stereocenters. The first-order valence-corrected chi connectivity index (χ1v) is 8.10. The van der Waals surface area contributed by atoms with E-state index < -0.39 is 15.1 Å². The zero-order valence-electron chi connectivity index (χ0n) is 10.9. The van der Waals surface area contributed by atoms with Gasteiger partial charge in [0.05, 0.1) is 11.0 Å². The Morgan fingerprint density at radius 1 is 1.42 bits per heavy atom. The Morgan fingerprint density at radius 3 is 2.53 bits per heavy atom. The van der Waals surface area contributed by atoms with Gasteiger partial charge in [-0.1, -0.05) is 6.92 Å². The number of benzene rings is 1. The van der Waals surface area contributed by atoms with Crippen LogP contribution in [0.15, 0.2) is 23.1 Å². The molecule has 106 valence electrons. The van der Waals surface area contributed by atoms with Crippen LogP contribution in [0.3, 0.4) is 0 Å². The highest BCUT2D eigenvalue weighted by molar-refractivity contribution is 8.13. The number of anilines is 1. The summed E-state index contributed by atoms with van der Waals surface area (Å²) in [6.07, 6.45) is -0.254. The van der Waals surface area contributed by atoms with Crippen LogP contribution in [-0.2, 0) is 20.2 Å². The molecule has 0 saturated heterocycles. The number of hydrogen-bond donors (Lipinski definition) is 1. The lowest BCUT2D eigenvalue weighted by Gasteiger charge is -2.12. The van der Waals surface area contributed by atoms with Gasteiger partial charge in [-0.15, -0.1) is 0 Å². The summed E-state index contributed by atoms with van der Waals surface area (Å²) in [6.45, 7) is 5.33. The molecular weight excluding hydrogens is 290 g/mol. The molecule has 0 aromatic heterocycles. The summed E-state index contributed by atoms with van der Waals surface area (Å²) in [5.74, 6) is 0. The van der Waals surface area contributed by atoms with Gasteiger partial charge in [0.25, 0.3) is 9.05 Å². The molecule has 0 radical (unpaired) electrons. The van der Waals surface area contributed by atoms with Crippen molar-refractivity contribution >= 4 is 31.5 Å². The predicted octanol–water partition coefficient (Wildman–Crippen LogP) is 3.13. The number of nitrogens with one attached hydrogen (secondary N) is 1. The maximum atomic E-state index is 11.5. The maximum absolute atomic E-state index is 11.5. The van der Waals surface area contributed by atoms with Crippen molar-refractivity contribution in [2.75, 3.05) is 5.32 Å². The lowest BCUT2D eigenvalue weighted by Crippen LogP contribution is -2.18. The molecule has 0 heterocycles. The molecule has 0 fully saturated rings.